The molecule has 0 saturated heterocycles. The van der Waals surface area contributed by atoms with Crippen LogP contribution in [0.1, 0.15) is 297 Å². The van der Waals surface area contributed by atoms with Crippen LogP contribution in [0.2, 0.25) is 0 Å². The minimum atomic E-state index is -0.784. The second-order valence-corrected chi connectivity index (χ2v) is 19.5. The van der Waals surface area contributed by atoms with Crippen LogP contribution in [0.25, 0.3) is 0 Å². The maximum atomic E-state index is 12.8. The van der Waals surface area contributed by atoms with Crippen LogP contribution in [0.4, 0.5) is 0 Å². The summed E-state index contributed by atoms with van der Waals surface area (Å²) < 4.78 is 16.8. The Labute approximate surface area is 421 Å². The van der Waals surface area contributed by atoms with Crippen molar-refractivity contribution in [3.05, 3.63) is 60.8 Å². The van der Waals surface area contributed by atoms with E-state index in [2.05, 4.69) is 81.5 Å². The molecule has 0 aromatic carbocycles. The molecule has 1 atom stereocenters. The first-order valence-corrected chi connectivity index (χ1v) is 29.3. The number of unbranched alkanes of at least 4 members (excludes halogenated alkanes) is 32. The molecule has 68 heavy (non-hydrogen) atoms. The number of allylic oxidation sites excluding steroid dienone is 10. The fourth-order valence-corrected chi connectivity index (χ4v) is 8.27. The van der Waals surface area contributed by atoms with Gasteiger partial charge in [0.2, 0.25) is 0 Å². The van der Waals surface area contributed by atoms with Crippen molar-refractivity contribution in [1.82, 2.24) is 0 Å². The largest absolute Gasteiger partial charge is 0.462 e. The molecule has 0 aliphatic heterocycles. The Hall–Kier alpha value is -2.89. The molecule has 0 aliphatic carbocycles. The zero-order valence-electron chi connectivity index (χ0n) is 45.1. The molecule has 0 radical (unpaired) electrons. The lowest BCUT2D eigenvalue weighted by Gasteiger charge is -2.18. The van der Waals surface area contributed by atoms with Gasteiger partial charge in [-0.1, -0.05) is 236 Å². The SMILES string of the molecule is CCC/C=C\CCCCCCCC(=O)OCC(COC(=O)CCCCCCCCCCCCCCC/C=C\C/C=C\CCCCCCC)OC(=O)CCCCCCC/C=C\C/C=C\CCCCC. The van der Waals surface area contributed by atoms with Gasteiger partial charge in [-0.05, 0) is 103 Å². The molecule has 0 spiro atoms. The van der Waals surface area contributed by atoms with Gasteiger partial charge in [0.05, 0.1) is 0 Å². The molecule has 0 saturated carbocycles. The zero-order chi connectivity index (χ0) is 49.3. The highest BCUT2D eigenvalue weighted by Gasteiger charge is 2.19. The molecule has 0 fully saturated rings. The van der Waals surface area contributed by atoms with Crippen LogP contribution in [0.15, 0.2) is 60.8 Å². The molecule has 6 heteroatoms. The molecule has 0 aromatic heterocycles. The Morgan fingerprint density at radius 1 is 0.294 bits per heavy atom. The number of esters is 3. The van der Waals surface area contributed by atoms with Crippen LogP contribution in [0.5, 0.6) is 0 Å². The Morgan fingerprint density at radius 2 is 0.559 bits per heavy atom. The van der Waals surface area contributed by atoms with Crippen LogP contribution in [-0.2, 0) is 28.6 Å². The van der Waals surface area contributed by atoms with Gasteiger partial charge >= 0.3 is 17.9 Å². The van der Waals surface area contributed by atoms with Gasteiger partial charge in [0.15, 0.2) is 6.10 Å². The number of hydrogen-bond donors (Lipinski definition) is 0. The highest BCUT2D eigenvalue weighted by atomic mass is 16.6. The van der Waals surface area contributed by atoms with Gasteiger partial charge in [0.25, 0.3) is 0 Å². The molecule has 0 aliphatic rings. The van der Waals surface area contributed by atoms with Gasteiger partial charge in [0.1, 0.15) is 13.2 Å². The van der Waals surface area contributed by atoms with E-state index in [1.54, 1.807) is 0 Å². The predicted molar refractivity (Wildman–Crippen MR) is 293 cm³/mol. The molecular formula is C62H110O6. The molecule has 1 unspecified atom stereocenters. The lowest BCUT2D eigenvalue weighted by Crippen LogP contribution is -2.30. The van der Waals surface area contributed by atoms with Crippen molar-refractivity contribution in [2.45, 2.75) is 303 Å². The van der Waals surface area contributed by atoms with Crippen molar-refractivity contribution in [2.24, 2.45) is 0 Å². The topological polar surface area (TPSA) is 78.9 Å². The van der Waals surface area contributed by atoms with Crippen LogP contribution in [-0.4, -0.2) is 37.2 Å². The lowest BCUT2D eigenvalue weighted by molar-refractivity contribution is -0.167. The van der Waals surface area contributed by atoms with Gasteiger partial charge in [-0.15, -0.1) is 0 Å². The summed E-state index contributed by atoms with van der Waals surface area (Å²) in [4.78, 5) is 38.1. The summed E-state index contributed by atoms with van der Waals surface area (Å²) in [5.74, 6) is -0.899. The number of carbonyl (C=O) groups is 3. The first kappa shape index (κ1) is 65.1. The second kappa shape index (κ2) is 56.7. The third-order valence-corrected chi connectivity index (χ3v) is 12.7. The van der Waals surface area contributed by atoms with Crippen molar-refractivity contribution in [1.29, 1.82) is 0 Å². The zero-order valence-corrected chi connectivity index (χ0v) is 45.1. The Kier molecular flexibility index (Phi) is 54.3. The van der Waals surface area contributed by atoms with Crippen molar-refractivity contribution < 1.29 is 28.6 Å². The standard InChI is InChI=1S/C62H110O6/c1-4-7-10-13-16-19-22-24-26-27-28-29-30-31-32-33-34-35-37-38-40-43-46-49-52-55-61(64)67-58-59(57-66-60(63)54-51-48-45-42-21-18-15-12-9-6-3)68-62(65)56-53-50-47-44-41-39-36-25-23-20-17-14-11-8-5-2/h12,15,17,20,22,24-25,27-28,36,59H,4-11,13-14,16,18-19,21,23,26,29-35,37-58H2,1-3H3/b15-12-,20-17-,24-22-,28-27-,36-25-. The summed E-state index contributed by atoms with van der Waals surface area (Å²) in [5.41, 5.74) is 0. The monoisotopic (exact) mass is 951 g/mol. The molecular weight excluding hydrogens is 841 g/mol. The molecule has 0 N–H and O–H groups in total. The van der Waals surface area contributed by atoms with Gasteiger partial charge in [-0.3, -0.25) is 14.4 Å². The summed E-state index contributed by atoms with van der Waals surface area (Å²) in [5, 5.41) is 0. The van der Waals surface area contributed by atoms with Crippen LogP contribution >= 0.6 is 0 Å². The molecule has 0 amide bonds. The summed E-state index contributed by atoms with van der Waals surface area (Å²) in [6.45, 7) is 6.54. The van der Waals surface area contributed by atoms with Crippen molar-refractivity contribution >= 4 is 17.9 Å². The number of hydrogen-bond acceptors (Lipinski definition) is 6. The van der Waals surface area contributed by atoms with Gasteiger partial charge in [-0.2, -0.15) is 0 Å². The summed E-state index contributed by atoms with van der Waals surface area (Å²) in [7, 11) is 0. The van der Waals surface area contributed by atoms with Crippen LogP contribution in [0.3, 0.4) is 0 Å². The predicted octanol–water partition coefficient (Wildman–Crippen LogP) is 19.6. The molecule has 0 aromatic rings. The minimum absolute atomic E-state index is 0.0818. The fraction of sp³-hybridized carbons (Fsp3) is 0.790. The molecule has 0 bridgehead atoms. The van der Waals surface area contributed by atoms with E-state index in [-0.39, 0.29) is 31.1 Å². The number of rotatable bonds is 53. The number of carbonyl (C=O) groups excluding carboxylic acids is 3. The fourth-order valence-electron chi connectivity index (χ4n) is 8.27. The first-order valence-electron chi connectivity index (χ1n) is 29.3. The van der Waals surface area contributed by atoms with Crippen LogP contribution < -0.4 is 0 Å². The van der Waals surface area contributed by atoms with E-state index in [0.717, 1.165) is 103 Å². The van der Waals surface area contributed by atoms with E-state index in [0.29, 0.717) is 19.3 Å². The van der Waals surface area contributed by atoms with E-state index in [4.69, 9.17) is 14.2 Å². The Bertz CT molecular complexity index is 1230. The molecule has 0 rings (SSSR count). The van der Waals surface area contributed by atoms with Crippen molar-refractivity contribution in [3.63, 3.8) is 0 Å². The average molecular weight is 952 g/mol. The lowest BCUT2D eigenvalue weighted by atomic mass is 10.0. The van der Waals surface area contributed by atoms with E-state index >= 15 is 0 Å². The van der Waals surface area contributed by atoms with E-state index in [1.807, 2.05) is 0 Å². The number of ether oxygens (including phenoxy) is 3. The molecule has 6 nitrogen and oxygen atoms in total. The third kappa shape index (κ3) is 54.1. The highest BCUT2D eigenvalue weighted by Crippen LogP contribution is 2.16. The average Bonchev–Trinajstić information content (AvgIpc) is 3.34. The van der Waals surface area contributed by atoms with Gasteiger partial charge in [0, 0.05) is 19.3 Å². The van der Waals surface area contributed by atoms with Gasteiger partial charge < -0.3 is 14.2 Å². The smallest absolute Gasteiger partial charge is 0.306 e. The van der Waals surface area contributed by atoms with Crippen LogP contribution in [0, 0.1) is 0 Å². The van der Waals surface area contributed by atoms with Crippen molar-refractivity contribution in [2.75, 3.05) is 13.2 Å². The minimum Gasteiger partial charge on any atom is -0.462 e. The summed E-state index contributed by atoms with van der Waals surface area (Å²) in [6.07, 6.45) is 70.8. The Balaban J connectivity index is 4.23. The first-order chi connectivity index (χ1) is 33.5. The van der Waals surface area contributed by atoms with E-state index in [1.165, 1.54) is 154 Å². The molecule has 0 heterocycles. The van der Waals surface area contributed by atoms with Crippen molar-refractivity contribution in [3.8, 4) is 0 Å². The maximum Gasteiger partial charge on any atom is 0.306 e. The highest BCUT2D eigenvalue weighted by molar-refractivity contribution is 5.71. The summed E-state index contributed by atoms with van der Waals surface area (Å²) >= 11 is 0. The quantitative estimate of drug-likeness (QED) is 0.0262. The molecule has 394 valence electrons. The third-order valence-electron chi connectivity index (χ3n) is 12.7. The Morgan fingerprint density at radius 3 is 0.912 bits per heavy atom. The summed E-state index contributed by atoms with van der Waals surface area (Å²) in [6, 6.07) is 0. The van der Waals surface area contributed by atoms with E-state index in [9.17, 15) is 14.4 Å². The second-order valence-electron chi connectivity index (χ2n) is 19.5. The normalized spacial score (nSPS) is 12.5. The van der Waals surface area contributed by atoms with E-state index < -0.39 is 6.10 Å². The maximum absolute atomic E-state index is 12.8. The van der Waals surface area contributed by atoms with Gasteiger partial charge in [-0.25, -0.2) is 0 Å².